The first kappa shape index (κ1) is 8.64. The molecule has 68 valence electrons. The number of halogens is 1. The first-order valence-electron chi connectivity index (χ1n) is 4.46. The quantitative estimate of drug-likeness (QED) is 0.654. The van der Waals surface area contributed by atoms with Gasteiger partial charge in [-0.15, -0.1) is 0 Å². The van der Waals surface area contributed by atoms with Gasteiger partial charge >= 0.3 is 0 Å². The molecule has 0 N–H and O–H groups in total. The molecule has 0 amide bonds. The molecule has 13 heavy (non-hydrogen) atoms. The molecule has 2 heteroatoms. The topological polar surface area (TPSA) is 4.93 Å². The van der Waals surface area contributed by atoms with Crippen LogP contribution in [-0.4, -0.2) is 4.57 Å². The van der Waals surface area contributed by atoms with Crippen LogP contribution in [0.25, 0.3) is 10.9 Å². The van der Waals surface area contributed by atoms with Gasteiger partial charge in [0.25, 0.3) is 0 Å². The SMILES string of the molecule is CCc1cc(Cl)c2c(ccn2C)c1. The molecule has 0 bridgehead atoms. The highest BCUT2D eigenvalue weighted by Crippen LogP contribution is 2.25. The lowest BCUT2D eigenvalue weighted by Crippen LogP contribution is -1.86. The van der Waals surface area contributed by atoms with Gasteiger partial charge in [-0.2, -0.15) is 0 Å². The molecule has 0 saturated carbocycles. The summed E-state index contributed by atoms with van der Waals surface area (Å²) in [6, 6.07) is 6.34. The molecule has 0 fully saturated rings. The van der Waals surface area contributed by atoms with Gasteiger partial charge in [-0.25, -0.2) is 0 Å². The van der Waals surface area contributed by atoms with E-state index in [4.69, 9.17) is 11.6 Å². The van der Waals surface area contributed by atoms with Crippen molar-refractivity contribution >= 4 is 22.5 Å². The molecule has 0 spiro atoms. The van der Waals surface area contributed by atoms with Gasteiger partial charge in [0.05, 0.1) is 10.5 Å². The van der Waals surface area contributed by atoms with Gasteiger partial charge in [-0.3, -0.25) is 0 Å². The number of aryl methyl sites for hydroxylation is 2. The summed E-state index contributed by atoms with van der Waals surface area (Å²) in [5.74, 6) is 0. The number of aromatic nitrogens is 1. The van der Waals surface area contributed by atoms with Crippen molar-refractivity contribution in [1.82, 2.24) is 4.57 Å². The van der Waals surface area contributed by atoms with Gasteiger partial charge in [0.15, 0.2) is 0 Å². The number of rotatable bonds is 1. The monoisotopic (exact) mass is 193 g/mol. The summed E-state index contributed by atoms with van der Waals surface area (Å²) >= 11 is 6.17. The highest BCUT2D eigenvalue weighted by molar-refractivity contribution is 6.35. The maximum absolute atomic E-state index is 6.17. The predicted octanol–water partition coefficient (Wildman–Crippen LogP) is 3.39. The molecule has 0 radical (unpaired) electrons. The second-order valence-corrected chi connectivity index (χ2v) is 3.70. The zero-order chi connectivity index (χ0) is 9.42. The molecule has 0 unspecified atom stereocenters. The largest absolute Gasteiger partial charge is 0.349 e. The lowest BCUT2D eigenvalue weighted by molar-refractivity contribution is 0.968. The zero-order valence-corrected chi connectivity index (χ0v) is 8.60. The zero-order valence-electron chi connectivity index (χ0n) is 7.84. The van der Waals surface area contributed by atoms with Gasteiger partial charge in [-0.1, -0.05) is 18.5 Å². The van der Waals surface area contributed by atoms with E-state index in [1.165, 1.54) is 10.9 Å². The number of hydrogen-bond acceptors (Lipinski definition) is 0. The molecule has 1 heterocycles. The normalized spacial score (nSPS) is 11.0. The first-order chi connectivity index (χ1) is 6.22. The van der Waals surface area contributed by atoms with Crippen LogP contribution in [0.4, 0.5) is 0 Å². The van der Waals surface area contributed by atoms with Crippen LogP contribution in [0.5, 0.6) is 0 Å². The number of fused-ring (bicyclic) bond motifs is 1. The van der Waals surface area contributed by atoms with E-state index in [-0.39, 0.29) is 0 Å². The van der Waals surface area contributed by atoms with Crippen molar-refractivity contribution in [3.05, 3.63) is 35.0 Å². The van der Waals surface area contributed by atoms with Crippen LogP contribution in [0.1, 0.15) is 12.5 Å². The Morgan fingerprint density at radius 2 is 2.15 bits per heavy atom. The van der Waals surface area contributed by atoms with Crippen LogP contribution in [-0.2, 0) is 13.5 Å². The summed E-state index contributed by atoms with van der Waals surface area (Å²) in [6.07, 6.45) is 3.07. The first-order valence-corrected chi connectivity index (χ1v) is 4.83. The Balaban J connectivity index is 2.79. The fourth-order valence-corrected chi connectivity index (χ4v) is 2.03. The van der Waals surface area contributed by atoms with E-state index < -0.39 is 0 Å². The average molecular weight is 194 g/mol. The van der Waals surface area contributed by atoms with Crippen molar-refractivity contribution in [2.45, 2.75) is 13.3 Å². The highest BCUT2D eigenvalue weighted by Gasteiger charge is 2.04. The van der Waals surface area contributed by atoms with Crippen molar-refractivity contribution in [3.8, 4) is 0 Å². The van der Waals surface area contributed by atoms with Crippen molar-refractivity contribution in [2.24, 2.45) is 7.05 Å². The van der Waals surface area contributed by atoms with Crippen molar-refractivity contribution in [2.75, 3.05) is 0 Å². The number of nitrogens with zero attached hydrogens (tertiary/aromatic N) is 1. The van der Waals surface area contributed by atoms with E-state index in [9.17, 15) is 0 Å². The molecule has 2 rings (SSSR count). The molecular formula is C11H12ClN. The molecule has 1 aromatic carbocycles. The van der Waals surface area contributed by atoms with Gasteiger partial charge in [0, 0.05) is 18.6 Å². The molecule has 0 saturated heterocycles. The second kappa shape index (κ2) is 3.08. The number of benzene rings is 1. The fourth-order valence-electron chi connectivity index (χ4n) is 1.65. The van der Waals surface area contributed by atoms with E-state index in [2.05, 4.69) is 23.6 Å². The minimum absolute atomic E-state index is 0.849. The number of hydrogen-bond donors (Lipinski definition) is 0. The Hall–Kier alpha value is -0.950. The van der Waals surface area contributed by atoms with Crippen LogP contribution in [0.15, 0.2) is 24.4 Å². The van der Waals surface area contributed by atoms with Crippen LogP contribution < -0.4 is 0 Å². The molecule has 1 nitrogen and oxygen atoms in total. The molecular weight excluding hydrogens is 182 g/mol. The maximum Gasteiger partial charge on any atom is 0.0667 e. The van der Waals surface area contributed by atoms with E-state index >= 15 is 0 Å². The van der Waals surface area contributed by atoms with E-state index in [1.54, 1.807) is 0 Å². The molecule has 1 aromatic heterocycles. The van der Waals surface area contributed by atoms with Crippen molar-refractivity contribution in [3.63, 3.8) is 0 Å². The Kier molecular flexibility index (Phi) is 2.04. The van der Waals surface area contributed by atoms with E-state index in [0.29, 0.717) is 0 Å². The lowest BCUT2D eigenvalue weighted by Gasteiger charge is -2.02. The second-order valence-electron chi connectivity index (χ2n) is 3.30. The van der Waals surface area contributed by atoms with Crippen LogP contribution in [0.2, 0.25) is 5.02 Å². The predicted molar refractivity (Wildman–Crippen MR) is 57.3 cm³/mol. The summed E-state index contributed by atoms with van der Waals surface area (Å²) in [4.78, 5) is 0. The van der Waals surface area contributed by atoms with Gasteiger partial charge in [0.1, 0.15) is 0 Å². The Bertz CT molecular complexity index is 443. The third-order valence-electron chi connectivity index (χ3n) is 2.39. The van der Waals surface area contributed by atoms with Crippen molar-refractivity contribution < 1.29 is 0 Å². The van der Waals surface area contributed by atoms with Gasteiger partial charge in [0.2, 0.25) is 0 Å². The van der Waals surface area contributed by atoms with Crippen LogP contribution in [0.3, 0.4) is 0 Å². The lowest BCUT2D eigenvalue weighted by atomic mass is 10.1. The average Bonchev–Trinajstić information content (AvgIpc) is 2.48. The Morgan fingerprint density at radius 3 is 2.85 bits per heavy atom. The van der Waals surface area contributed by atoms with E-state index in [0.717, 1.165) is 17.0 Å². The Morgan fingerprint density at radius 1 is 1.38 bits per heavy atom. The summed E-state index contributed by atoms with van der Waals surface area (Å²) in [7, 11) is 2.01. The Labute approximate surface area is 82.9 Å². The summed E-state index contributed by atoms with van der Waals surface area (Å²) in [5, 5.41) is 2.08. The summed E-state index contributed by atoms with van der Waals surface area (Å²) < 4.78 is 2.05. The molecule has 0 aliphatic carbocycles. The van der Waals surface area contributed by atoms with E-state index in [1.807, 2.05) is 19.3 Å². The third kappa shape index (κ3) is 1.33. The highest BCUT2D eigenvalue weighted by atomic mass is 35.5. The van der Waals surface area contributed by atoms with Crippen molar-refractivity contribution in [1.29, 1.82) is 0 Å². The smallest absolute Gasteiger partial charge is 0.0667 e. The maximum atomic E-state index is 6.17. The molecule has 0 aliphatic rings. The summed E-state index contributed by atoms with van der Waals surface area (Å²) in [6.45, 7) is 2.14. The molecule has 0 atom stereocenters. The van der Waals surface area contributed by atoms with Gasteiger partial charge < -0.3 is 4.57 Å². The minimum atomic E-state index is 0.849. The fraction of sp³-hybridized carbons (Fsp3) is 0.273. The van der Waals surface area contributed by atoms with Crippen LogP contribution in [0, 0.1) is 0 Å². The van der Waals surface area contributed by atoms with Crippen LogP contribution >= 0.6 is 11.6 Å². The molecule has 2 aromatic rings. The minimum Gasteiger partial charge on any atom is -0.349 e. The molecule has 0 aliphatic heterocycles. The standard InChI is InChI=1S/C11H12ClN/c1-3-8-6-9-4-5-13(2)11(9)10(12)7-8/h4-7H,3H2,1-2H3. The van der Waals surface area contributed by atoms with Gasteiger partial charge in [-0.05, 0) is 30.2 Å². The third-order valence-corrected chi connectivity index (χ3v) is 2.68. The summed E-state index contributed by atoms with van der Waals surface area (Å²) in [5.41, 5.74) is 2.42.